The van der Waals surface area contributed by atoms with Gasteiger partial charge in [0, 0.05) is 22.3 Å². The molecule has 4 nitrogen and oxygen atoms in total. The number of ketones is 1. The maximum atomic E-state index is 12.7. The largest absolute Gasteiger partial charge is 0.511 e. The van der Waals surface area contributed by atoms with Crippen LogP contribution in [0.1, 0.15) is 63.5 Å². The molecule has 1 saturated carbocycles. The molecule has 3 rings (SSSR count). The molecule has 0 spiro atoms. The third-order valence-electron chi connectivity index (χ3n) is 6.52. The zero-order chi connectivity index (χ0) is 23.7. The van der Waals surface area contributed by atoms with Crippen molar-refractivity contribution in [3.63, 3.8) is 0 Å². The van der Waals surface area contributed by atoms with Crippen molar-refractivity contribution in [2.45, 2.75) is 64.2 Å². The fourth-order valence-electron chi connectivity index (χ4n) is 4.60. The Labute approximate surface area is 196 Å². The average molecular weight is 475 g/mol. The number of allylic oxidation sites excluding steroid dienone is 2. The van der Waals surface area contributed by atoms with Gasteiger partial charge in [-0.15, -0.1) is 0 Å². The molecule has 6 heteroatoms. The molecule has 0 amide bonds. The SMILES string of the molecule is CC(=O)/C(=C(/O)C1(C)CCCCCC1)c1cc(Cl)c(-c2cccc(S(C)(=O)=O)c2)cc1C. The van der Waals surface area contributed by atoms with E-state index in [1.165, 1.54) is 13.2 Å². The Morgan fingerprint density at radius 2 is 1.69 bits per heavy atom. The minimum atomic E-state index is -3.35. The quantitative estimate of drug-likeness (QED) is 0.289. The summed E-state index contributed by atoms with van der Waals surface area (Å²) < 4.78 is 23.9. The molecule has 0 aliphatic heterocycles. The Kier molecular flexibility index (Phi) is 7.21. The molecule has 1 fully saturated rings. The van der Waals surface area contributed by atoms with Crippen LogP contribution in [0.25, 0.3) is 16.7 Å². The van der Waals surface area contributed by atoms with Gasteiger partial charge in [0.1, 0.15) is 5.76 Å². The fourth-order valence-corrected chi connectivity index (χ4v) is 5.54. The first-order valence-corrected chi connectivity index (χ1v) is 13.3. The number of Topliss-reactive ketones (excluding diaryl/α,β-unsaturated/α-hetero) is 1. The molecular formula is C26H31ClO4S. The van der Waals surface area contributed by atoms with Crippen molar-refractivity contribution in [2.75, 3.05) is 6.26 Å². The standard InChI is InChI=1S/C26H31ClO4S/c1-17-14-22(19-10-9-11-20(15-19)32(4,30)31)23(27)16-21(17)24(18(2)28)25(29)26(3)12-7-5-6-8-13-26/h9-11,14-16,29H,5-8,12-13H2,1-4H3/b25-24-. The number of sulfone groups is 1. The highest BCUT2D eigenvalue weighted by molar-refractivity contribution is 7.90. The lowest BCUT2D eigenvalue weighted by Crippen LogP contribution is -2.21. The van der Waals surface area contributed by atoms with Gasteiger partial charge in [-0.05, 0) is 67.6 Å². The third-order valence-corrected chi connectivity index (χ3v) is 7.95. The van der Waals surface area contributed by atoms with Crippen molar-refractivity contribution < 1.29 is 18.3 Å². The first-order valence-electron chi connectivity index (χ1n) is 11.0. The molecule has 2 aromatic rings. The van der Waals surface area contributed by atoms with Gasteiger partial charge >= 0.3 is 0 Å². The summed E-state index contributed by atoms with van der Waals surface area (Å²) in [7, 11) is -3.35. The molecule has 0 heterocycles. The van der Waals surface area contributed by atoms with Crippen molar-refractivity contribution in [2.24, 2.45) is 5.41 Å². The van der Waals surface area contributed by atoms with Crippen molar-refractivity contribution in [3.05, 3.63) is 58.3 Å². The minimum Gasteiger partial charge on any atom is -0.511 e. The number of aliphatic hydroxyl groups is 1. The molecule has 0 saturated heterocycles. The highest BCUT2D eigenvalue weighted by Gasteiger charge is 2.34. The lowest BCUT2D eigenvalue weighted by atomic mass is 9.77. The van der Waals surface area contributed by atoms with Gasteiger partial charge < -0.3 is 5.11 Å². The monoisotopic (exact) mass is 474 g/mol. The van der Waals surface area contributed by atoms with Gasteiger partial charge in [-0.1, -0.05) is 56.3 Å². The number of benzene rings is 2. The first kappa shape index (κ1) is 24.5. The van der Waals surface area contributed by atoms with Gasteiger partial charge in [-0.2, -0.15) is 0 Å². The molecule has 0 aromatic heterocycles. The van der Waals surface area contributed by atoms with Gasteiger partial charge in [-0.3, -0.25) is 4.79 Å². The summed E-state index contributed by atoms with van der Waals surface area (Å²) in [5, 5.41) is 11.7. The lowest BCUT2D eigenvalue weighted by molar-refractivity contribution is -0.112. The van der Waals surface area contributed by atoms with Crippen LogP contribution in [0, 0.1) is 12.3 Å². The predicted octanol–water partition coefficient (Wildman–Crippen LogP) is 6.94. The van der Waals surface area contributed by atoms with Gasteiger partial charge in [0.25, 0.3) is 0 Å². The average Bonchev–Trinajstić information content (AvgIpc) is 2.95. The van der Waals surface area contributed by atoms with Crippen molar-refractivity contribution in [1.82, 2.24) is 0 Å². The molecule has 32 heavy (non-hydrogen) atoms. The smallest absolute Gasteiger partial charge is 0.175 e. The number of hydrogen-bond acceptors (Lipinski definition) is 4. The van der Waals surface area contributed by atoms with Crippen molar-refractivity contribution >= 4 is 32.8 Å². The molecule has 0 unspecified atom stereocenters. The second-order valence-corrected chi connectivity index (χ2v) is 11.6. The highest BCUT2D eigenvalue weighted by atomic mass is 35.5. The third kappa shape index (κ3) is 5.10. The molecule has 0 bridgehead atoms. The maximum Gasteiger partial charge on any atom is 0.175 e. The number of hydrogen-bond donors (Lipinski definition) is 1. The number of aliphatic hydroxyl groups excluding tert-OH is 1. The Morgan fingerprint density at radius 3 is 2.25 bits per heavy atom. The van der Waals surface area contributed by atoms with Crippen LogP contribution in [-0.2, 0) is 14.6 Å². The Hall–Kier alpha value is -2.11. The van der Waals surface area contributed by atoms with E-state index in [0.717, 1.165) is 44.1 Å². The fraction of sp³-hybridized carbons (Fsp3) is 0.423. The summed E-state index contributed by atoms with van der Waals surface area (Å²) in [5.41, 5.74) is 2.67. The van der Waals surface area contributed by atoms with Gasteiger partial charge in [0.2, 0.25) is 0 Å². The Morgan fingerprint density at radius 1 is 1.06 bits per heavy atom. The number of rotatable bonds is 5. The molecule has 0 radical (unpaired) electrons. The van der Waals surface area contributed by atoms with Crippen LogP contribution in [-0.4, -0.2) is 25.6 Å². The zero-order valence-corrected chi connectivity index (χ0v) is 20.7. The van der Waals surface area contributed by atoms with Crippen molar-refractivity contribution in [3.8, 4) is 11.1 Å². The Balaban J connectivity index is 2.14. The van der Waals surface area contributed by atoms with Gasteiger partial charge in [-0.25, -0.2) is 8.42 Å². The molecular weight excluding hydrogens is 444 g/mol. The van der Waals surface area contributed by atoms with Crippen LogP contribution in [0.15, 0.2) is 47.1 Å². The van der Waals surface area contributed by atoms with Crippen LogP contribution >= 0.6 is 11.6 Å². The molecule has 1 N–H and O–H groups in total. The summed E-state index contributed by atoms with van der Waals surface area (Å²) >= 11 is 6.64. The number of carbonyl (C=O) groups is 1. The maximum absolute atomic E-state index is 12.7. The molecule has 172 valence electrons. The first-order chi connectivity index (χ1) is 14.9. The number of halogens is 1. The van der Waals surface area contributed by atoms with Gasteiger partial charge in [0.15, 0.2) is 15.6 Å². The minimum absolute atomic E-state index is 0.151. The number of aryl methyl sites for hydroxylation is 1. The van der Waals surface area contributed by atoms with Crippen LogP contribution < -0.4 is 0 Å². The lowest BCUT2D eigenvalue weighted by Gasteiger charge is -2.29. The van der Waals surface area contributed by atoms with E-state index in [-0.39, 0.29) is 16.4 Å². The number of carbonyl (C=O) groups excluding carboxylic acids is 1. The topological polar surface area (TPSA) is 71.4 Å². The van der Waals surface area contributed by atoms with E-state index in [1.54, 1.807) is 30.3 Å². The molecule has 2 aromatic carbocycles. The summed E-state index contributed by atoms with van der Waals surface area (Å²) in [6.07, 6.45) is 7.21. The second-order valence-electron chi connectivity index (χ2n) is 9.20. The summed E-state index contributed by atoms with van der Waals surface area (Å²) in [6.45, 7) is 5.39. The van der Waals surface area contributed by atoms with Crippen molar-refractivity contribution in [1.29, 1.82) is 0 Å². The van der Waals surface area contributed by atoms with E-state index in [2.05, 4.69) is 0 Å². The highest BCUT2D eigenvalue weighted by Crippen LogP contribution is 2.44. The molecule has 1 aliphatic rings. The molecule has 1 aliphatic carbocycles. The van der Waals surface area contributed by atoms with Crippen LogP contribution in [0.5, 0.6) is 0 Å². The van der Waals surface area contributed by atoms with E-state index in [9.17, 15) is 18.3 Å². The zero-order valence-electron chi connectivity index (χ0n) is 19.2. The van der Waals surface area contributed by atoms with Crippen LogP contribution in [0.4, 0.5) is 0 Å². The van der Waals surface area contributed by atoms with E-state index >= 15 is 0 Å². The van der Waals surface area contributed by atoms with E-state index in [1.807, 2.05) is 19.9 Å². The molecule has 0 atom stereocenters. The summed E-state index contributed by atoms with van der Waals surface area (Å²) in [5.74, 6) is -0.0446. The van der Waals surface area contributed by atoms with Gasteiger partial charge in [0.05, 0.1) is 10.5 Å². The summed E-state index contributed by atoms with van der Waals surface area (Å²) in [4.78, 5) is 12.9. The normalized spacial score (nSPS) is 17.4. The van der Waals surface area contributed by atoms with Crippen LogP contribution in [0.3, 0.4) is 0 Å². The second kappa shape index (κ2) is 9.40. The summed E-state index contributed by atoms with van der Waals surface area (Å²) in [6, 6.07) is 10.2. The van der Waals surface area contributed by atoms with E-state index in [0.29, 0.717) is 27.3 Å². The van der Waals surface area contributed by atoms with Crippen LogP contribution in [0.2, 0.25) is 5.02 Å². The van der Waals surface area contributed by atoms with E-state index < -0.39 is 15.3 Å². The Bertz CT molecular complexity index is 1170. The predicted molar refractivity (Wildman–Crippen MR) is 131 cm³/mol. The van der Waals surface area contributed by atoms with E-state index in [4.69, 9.17) is 11.6 Å².